The minimum atomic E-state index is -0.552. The van der Waals surface area contributed by atoms with Crippen LogP contribution in [0.25, 0.3) is 0 Å². The Morgan fingerprint density at radius 2 is 2.08 bits per heavy atom. The van der Waals surface area contributed by atoms with Crippen molar-refractivity contribution in [2.24, 2.45) is 5.10 Å². The second-order valence-corrected chi connectivity index (χ2v) is 6.22. The smallest absolute Gasteiger partial charge is 0.326 e. The lowest BCUT2D eigenvalue weighted by molar-refractivity contribution is -0.143. The third kappa shape index (κ3) is 5.54. The number of nitrogens with zero attached hydrogens (tertiary/aromatic N) is 2. The summed E-state index contributed by atoms with van der Waals surface area (Å²) in [5.41, 5.74) is 3.23. The van der Waals surface area contributed by atoms with Crippen molar-refractivity contribution >= 4 is 41.0 Å². The predicted molar refractivity (Wildman–Crippen MR) is 96.1 cm³/mol. The molecule has 0 fully saturated rings. The molecule has 1 N–H and O–H groups in total. The number of carbonyl (C=O) groups is 2. The third-order valence-corrected chi connectivity index (χ3v) is 4.46. The summed E-state index contributed by atoms with van der Waals surface area (Å²) >= 11 is 6.90. The van der Waals surface area contributed by atoms with Crippen LogP contribution in [-0.4, -0.2) is 29.3 Å². The number of benzene rings is 1. The SMILES string of the molecule is CCOC(=O)Cn1c(Cl)c(/C=N\NC(=O)Cc2ccccc2)sc1=O. The molecule has 0 aliphatic heterocycles. The zero-order valence-electron chi connectivity index (χ0n) is 13.4. The van der Waals surface area contributed by atoms with Gasteiger partial charge in [0, 0.05) is 0 Å². The highest BCUT2D eigenvalue weighted by atomic mass is 35.5. The fourth-order valence-corrected chi connectivity index (χ4v) is 3.04. The number of hydrazone groups is 1. The molecule has 7 nitrogen and oxygen atoms in total. The highest BCUT2D eigenvalue weighted by Gasteiger charge is 2.15. The Bertz CT molecular complexity index is 830. The molecule has 0 radical (unpaired) electrons. The summed E-state index contributed by atoms with van der Waals surface area (Å²) in [4.78, 5) is 35.1. The van der Waals surface area contributed by atoms with Gasteiger partial charge in [0.1, 0.15) is 11.7 Å². The van der Waals surface area contributed by atoms with Gasteiger partial charge in [-0.3, -0.25) is 19.0 Å². The third-order valence-electron chi connectivity index (χ3n) is 3.03. The second kappa shape index (κ2) is 9.14. The van der Waals surface area contributed by atoms with Gasteiger partial charge in [-0.25, -0.2) is 5.43 Å². The predicted octanol–water partition coefficient (Wildman–Crippen LogP) is 1.82. The van der Waals surface area contributed by atoms with E-state index in [1.807, 2.05) is 30.3 Å². The lowest BCUT2D eigenvalue weighted by atomic mass is 10.1. The molecule has 9 heteroatoms. The molecule has 0 saturated carbocycles. The first-order valence-corrected chi connectivity index (χ1v) is 8.61. The molecule has 2 aromatic rings. The number of rotatable bonds is 7. The molecular formula is C16H16ClN3O4S. The molecule has 2 rings (SSSR count). The van der Waals surface area contributed by atoms with Gasteiger partial charge in [-0.2, -0.15) is 5.10 Å². The summed E-state index contributed by atoms with van der Waals surface area (Å²) in [6, 6.07) is 9.22. The Kier molecular flexibility index (Phi) is 6.91. The van der Waals surface area contributed by atoms with Gasteiger partial charge < -0.3 is 4.74 Å². The van der Waals surface area contributed by atoms with Crippen molar-refractivity contribution in [2.75, 3.05) is 6.61 Å². The minimum absolute atomic E-state index is 0.0733. The fraction of sp³-hybridized carbons (Fsp3) is 0.250. The number of esters is 1. The number of hydrogen-bond donors (Lipinski definition) is 1. The highest BCUT2D eigenvalue weighted by Crippen LogP contribution is 2.16. The van der Waals surface area contributed by atoms with Gasteiger partial charge in [-0.05, 0) is 12.5 Å². The monoisotopic (exact) mass is 381 g/mol. The van der Waals surface area contributed by atoms with Crippen LogP contribution in [0.15, 0.2) is 40.2 Å². The van der Waals surface area contributed by atoms with Gasteiger partial charge >= 0.3 is 10.8 Å². The Hall–Kier alpha value is -2.45. The Morgan fingerprint density at radius 3 is 2.76 bits per heavy atom. The maximum Gasteiger partial charge on any atom is 0.326 e. The van der Waals surface area contributed by atoms with Crippen molar-refractivity contribution in [3.63, 3.8) is 0 Å². The van der Waals surface area contributed by atoms with Crippen molar-refractivity contribution < 1.29 is 14.3 Å². The molecule has 1 aromatic carbocycles. The topological polar surface area (TPSA) is 89.8 Å². The van der Waals surface area contributed by atoms with Gasteiger partial charge in [0.05, 0.1) is 24.1 Å². The van der Waals surface area contributed by atoms with Crippen LogP contribution in [0.1, 0.15) is 17.4 Å². The van der Waals surface area contributed by atoms with Crippen LogP contribution in [0.5, 0.6) is 0 Å². The van der Waals surface area contributed by atoms with Gasteiger partial charge in [-0.15, -0.1) is 0 Å². The molecule has 132 valence electrons. The van der Waals surface area contributed by atoms with E-state index in [9.17, 15) is 14.4 Å². The number of hydrogen-bond acceptors (Lipinski definition) is 6. The summed E-state index contributed by atoms with van der Waals surface area (Å²) in [6.45, 7) is 1.62. The van der Waals surface area contributed by atoms with Crippen LogP contribution < -0.4 is 10.3 Å². The Labute approximate surface area is 152 Å². The Balaban J connectivity index is 1.98. The summed E-state index contributed by atoms with van der Waals surface area (Å²) in [5.74, 6) is -0.846. The van der Waals surface area contributed by atoms with E-state index in [1.54, 1.807) is 6.92 Å². The number of amides is 1. The minimum Gasteiger partial charge on any atom is -0.465 e. The zero-order chi connectivity index (χ0) is 18.2. The first kappa shape index (κ1) is 18.9. The lowest BCUT2D eigenvalue weighted by Crippen LogP contribution is -2.21. The number of halogens is 1. The highest BCUT2D eigenvalue weighted by molar-refractivity contribution is 7.11. The van der Waals surface area contributed by atoms with E-state index >= 15 is 0 Å². The summed E-state index contributed by atoms with van der Waals surface area (Å²) in [7, 11) is 0. The van der Waals surface area contributed by atoms with Gasteiger partial charge in [-0.1, -0.05) is 53.3 Å². The number of carbonyl (C=O) groups excluding carboxylic acids is 2. The fourth-order valence-electron chi connectivity index (χ4n) is 1.94. The van der Waals surface area contributed by atoms with Crippen LogP contribution in [0.4, 0.5) is 0 Å². The van der Waals surface area contributed by atoms with E-state index < -0.39 is 10.8 Å². The van der Waals surface area contributed by atoms with E-state index in [0.717, 1.165) is 21.5 Å². The van der Waals surface area contributed by atoms with E-state index in [4.69, 9.17) is 16.3 Å². The first-order valence-electron chi connectivity index (χ1n) is 7.41. The van der Waals surface area contributed by atoms with Crippen LogP contribution in [-0.2, 0) is 27.3 Å². The molecule has 25 heavy (non-hydrogen) atoms. The van der Waals surface area contributed by atoms with Gasteiger partial charge in [0.15, 0.2) is 0 Å². The molecule has 1 aromatic heterocycles. The van der Waals surface area contributed by atoms with E-state index in [2.05, 4.69) is 10.5 Å². The molecule has 0 aliphatic carbocycles. The number of thiazole rings is 1. The normalized spacial score (nSPS) is 10.8. The average molecular weight is 382 g/mol. The lowest BCUT2D eigenvalue weighted by Gasteiger charge is -2.03. The maximum absolute atomic E-state index is 11.9. The van der Waals surface area contributed by atoms with E-state index in [-0.39, 0.29) is 30.6 Å². The molecule has 0 spiro atoms. The van der Waals surface area contributed by atoms with Crippen molar-refractivity contribution in [1.82, 2.24) is 9.99 Å². The van der Waals surface area contributed by atoms with Gasteiger partial charge in [0.2, 0.25) is 5.91 Å². The first-order chi connectivity index (χ1) is 12.0. The Morgan fingerprint density at radius 1 is 1.36 bits per heavy atom. The molecule has 0 saturated heterocycles. The van der Waals surface area contributed by atoms with Crippen LogP contribution >= 0.6 is 22.9 Å². The molecule has 0 bridgehead atoms. The molecule has 0 unspecified atom stereocenters. The van der Waals surface area contributed by atoms with Gasteiger partial charge in [0.25, 0.3) is 0 Å². The molecular weight excluding hydrogens is 366 g/mol. The molecule has 1 amide bonds. The number of ether oxygens (including phenoxy) is 1. The zero-order valence-corrected chi connectivity index (χ0v) is 15.0. The average Bonchev–Trinajstić information content (AvgIpc) is 2.84. The second-order valence-electron chi connectivity index (χ2n) is 4.87. The van der Waals surface area contributed by atoms with Crippen molar-refractivity contribution in [3.05, 3.63) is 55.6 Å². The van der Waals surface area contributed by atoms with Crippen molar-refractivity contribution in [1.29, 1.82) is 0 Å². The van der Waals surface area contributed by atoms with Crippen LogP contribution in [0.3, 0.4) is 0 Å². The van der Waals surface area contributed by atoms with Crippen molar-refractivity contribution in [3.8, 4) is 0 Å². The molecule has 1 heterocycles. The standard InChI is InChI=1S/C16H16ClN3O4S/c1-2-24-14(22)10-20-15(17)12(25-16(20)23)9-18-19-13(21)8-11-6-4-3-5-7-11/h3-7,9H,2,8,10H2,1H3,(H,19,21)/b18-9-. The largest absolute Gasteiger partial charge is 0.465 e. The van der Waals surface area contributed by atoms with Crippen LogP contribution in [0, 0.1) is 0 Å². The number of aromatic nitrogens is 1. The summed E-state index contributed by atoms with van der Waals surface area (Å²) in [5, 5.41) is 3.87. The summed E-state index contributed by atoms with van der Waals surface area (Å²) < 4.78 is 5.89. The molecule has 0 aliphatic rings. The molecule has 0 atom stereocenters. The maximum atomic E-state index is 11.9. The van der Waals surface area contributed by atoms with E-state index in [1.165, 1.54) is 6.21 Å². The summed E-state index contributed by atoms with van der Waals surface area (Å²) in [6.07, 6.45) is 1.46. The van der Waals surface area contributed by atoms with Crippen molar-refractivity contribution in [2.45, 2.75) is 19.9 Å². The van der Waals surface area contributed by atoms with E-state index in [0.29, 0.717) is 4.88 Å². The number of nitrogens with one attached hydrogen (secondary N) is 1. The quantitative estimate of drug-likeness (QED) is 0.450. The van der Waals surface area contributed by atoms with Crippen LogP contribution in [0.2, 0.25) is 5.15 Å².